The van der Waals surface area contributed by atoms with Gasteiger partial charge >= 0.3 is 0 Å². The minimum absolute atomic E-state index is 0.115. The van der Waals surface area contributed by atoms with Gasteiger partial charge in [0.2, 0.25) is 5.91 Å². The number of carbonyl (C=O) groups is 1. The molecule has 0 bridgehead atoms. The third kappa shape index (κ3) is 3.46. The number of amides is 1. The van der Waals surface area contributed by atoms with Crippen LogP contribution in [0, 0.1) is 6.92 Å². The molecule has 0 aliphatic heterocycles. The van der Waals surface area contributed by atoms with Gasteiger partial charge in [-0.1, -0.05) is 29.4 Å². The maximum atomic E-state index is 12.2. The molecule has 2 aromatic heterocycles. The molecule has 23 heavy (non-hydrogen) atoms. The van der Waals surface area contributed by atoms with Crippen LogP contribution in [0.5, 0.6) is 0 Å². The van der Waals surface area contributed by atoms with Crippen LogP contribution in [0.3, 0.4) is 0 Å². The van der Waals surface area contributed by atoms with E-state index in [-0.39, 0.29) is 11.7 Å². The van der Waals surface area contributed by atoms with Crippen LogP contribution in [0.15, 0.2) is 35.7 Å². The highest BCUT2D eigenvalue weighted by Crippen LogP contribution is 2.25. The number of anilines is 1. The van der Waals surface area contributed by atoms with Gasteiger partial charge in [0, 0.05) is 17.8 Å². The molecule has 3 aromatic rings. The average molecular weight is 348 g/mol. The van der Waals surface area contributed by atoms with Gasteiger partial charge in [0.15, 0.2) is 5.65 Å². The van der Waals surface area contributed by atoms with E-state index in [9.17, 15) is 4.79 Å². The van der Waals surface area contributed by atoms with Gasteiger partial charge in [-0.2, -0.15) is 5.10 Å². The van der Waals surface area contributed by atoms with Crippen LogP contribution in [-0.4, -0.2) is 31.4 Å². The van der Waals surface area contributed by atoms with Crippen LogP contribution in [-0.2, 0) is 11.8 Å². The summed E-state index contributed by atoms with van der Waals surface area (Å²) in [4.78, 5) is 20.6. The van der Waals surface area contributed by atoms with Gasteiger partial charge in [-0.3, -0.25) is 9.48 Å². The maximum absolute atomic E-state index is 12.2. The SMILES string of the molecule is Cc1ccc(Cl)cc1NC(=O)CSc1ncnc2c1cnn2C. The minimum atomic E-state index is -0.115. The van der Waals surface area contributed by atoms with Crippen LogP contribution in [0.2, 0.25) is 5.02 Å². The third-order valence-corrected chi connectivity index (χ3v) is 4.55. The van der Waals surface area contributed by atoms with E-state index in [0.29, 0.717) is 5.02 Å². The minimum Gasteiger partial charge on any atom is -0.325 e. The van der Waals surface area contributed by atoms with Crippen molar-refractivity contribution in [2.45, 2.75) is 11.9 Å². The van der Waals surface area contributed by atoms with Gasteiger partial charge in [0.05, 0.1) is 17.3 Å². The zero-order chi connectivity index (χ0) is 16.4. The summed E-state index contributed by atoms with van der Waals surface area (Å²) in [7, 11) is 1.82. The van der Waals surface area contributed by atoms with Crippen LogP contribution in [0.1, 0.15) is 5.56 Å². The molecule has 0 spiro atoms. The highest BCUT2D eigenvalue weighted by molar-refractivity contribution is 8.00. The predicted molar refractivity (Wildman–Crippen MR) is 91.8 cm³/mol. The summed E-state index contributed by atoms with van der Waals surface area (Å²) in [6.07, 6.45) is 3.18. The van der Waals surface area contributed by atoms with Gasteiger partial charge in [-0.25, -0.2) is 9.97 Å². The lowest BCUT2D eigenvalue weighted by Crippen LogP contribution is -2.15. The van der Waals surface area contributed by atoms with Gasteiger partial charge < -0.3 is 5.32 Å². The molecule has 118 valence electrons. The van der Waals surface area contributed by atoms with E-state index in [4.69, 9.17) is 11.6 Å². The van der Waals surface area contributed by atoms with E-state index in [0.717, 1.165) is 27.3 Å². The Morgan fingerprint density at radius 3 is 3.04 bits per heavy atom. The zero-order valence-corrected chi connectivity index (χ0v) is 14.1. The van der Waals surface area contributed by atoms with E-state index in [2.05, 4.69) is 20.4 Å². The molecule has 0 aliphatic rings. The summed E-state index contributed by atoms with van der Waals surface area (Å²) in [6, 6.07) is 5.40. The van der Waals surface area contributed by atoms with Crippen molar-refractivity contribution in [2.75, 3.05) is 11.1 Å². The van der Waals surface area contributed by atoms with Crippen molar-refractivity contribution in [1.82, 2.24) is 19.7 Å². The Morgan fingerprint density at radius 1 is 1.39 bits per heavy atom. The molecule has 0 saturated carbocycles. The van der Waals surface area contributed by atoms with E-state index in [1.807, 2.05) is 20.0 Å². The summed E-state index contributed by atoms with van der Waals surface area (Å²) in [5, 5.41) is 9.19. The first-order valence-corrected chi connectivity index (χ1v) is 8.22. The Morgan fingerprint density at radius 2 is 2.22 bits per heavy atom. The van der Waals surface area contributed by atoms with Gasteiger partial charge in [-0.15, -0.1) is 0 Å². The fraction of sp³-hybridized carbons (Fsp3) is 0.200. The van der Waals surface area contributed by atoms with E-state index >= 15 is 0 Å². The molecular formula is C15H14ClN5OS. The molecule has 6 nitrogen and oxygen atoms in total. The van der Waals surface area contributed by atoms with Crippen molar-refractivity contribution >= 4 is 46.0 Å². The summed E-state index contributed by atoms with van der Waals surface area (Å²) in [5.74, 6) is 0.128. The number of aromatic nitrogens is 4. The van der Waals surface area contributed by atoms with E-state index in [1.54, 1.807) is 23.0 Å². The number of hydrogen-bond acceptors (Lipinski definition) is 5. The first kappa shape index (κ1) is 15.8. The number of rotatable bonds is 4. The number of nitrogens with zero attached hydrogens (tertiary/aromatic N) is 4. The monoisotopic (exact) mass is 347 g/mol. The fourth-order valence-electron chi connectivity index (χ4n) is 2.10. The highest BCUT2D eigenvalue weighted by atomic mass is 35.5. The number of aryl methyl sites for hydroxylation is 2. The van der Waals surface area contributed by atoms with Gasteiger partial charge in [-0.05, 0) is 24.6 Å². The molecule has 1 amide bonds. The molecule has 0 fully saturated rings. The van der Waals surface area contributed by atoms with Crippen molar-refractivity contribution in [2.24, 2.45) is 7.05 Å². The number of thioether (sulfide) groups is 1. The highest BCUT2D eigenvalue weighted by Gasteiger charge is 2.11. The maximum Gasteiger partial charge on any atom is 0.234 e. The summed E-state index contributed by atoms with van der Waals surface area (Å²) < 4.78 is 1.68. The van der Waals surface area contributed by atoms with Crippen molar-refractivity contribution in [3.8, 4) is 0 Å². The molecule has 1 N–H and O–H groups in total. The molecule has 0 unspecified atom stereocenters. The van der Waals surface area contributed by atoms with Crippen LogP contribution < -0.4 is 5.32 Å². The standard InChI is InChI=1S/C15H14ClN5OS/c1-9-3-4-10(16)5-12(9)20-13(22)7-23-15-11-6-19-21(2)14(11)17-8-18-15/h3-6,8H,7H2,1-2H3,(H,20,22). The summed E-state index contributed by atoms with van der Waals surface area (Å²) in [6.45, 7) is 1.92. The quantitative estimate of drug-likeness (QED) is 0.580. The van der Waals surface area contributed by atoms with Crippen molar-refractivity contribution in [1.29, 1.82) is 0 Å². The Balaban J connectivity index is 1.70. The number of benzene rings is 1. The fourth-order valence-corrected chi connectivity index (χ4v) is 3.04. The number of nitrogens with one attached hydrogen (secondary N) is 1. The van der Waals surface area contributed by atoms with E-state index in [1.165, 1.54) is 18.1 Å². The van der Waals surface area contributed by atoms with Crippen LogP contribution in [0.25, 0.3) is 11.0 Å². The van der Waals surface area contributed by atoms with Gasteiger partial charge in [0.1, 0.15) is 11.4 Å². The second-order valence-corrected chi connectivity index (χ2v) is 6.38. The predicted octanol–water partition coefficient (Wildman–Crippen LogP) is 3.06. The zero-order valence-electron chi connectivity index (χ0n) is 12.6. The second-order valence-electron chi connectivity index (χ2n) is 4.98. The van der Waals surface area contributed by atoms with Gasteiger partial charge in [0.25, 0.3) is 0 Å². The lowest BCUT2D eigenvalue weighted by atomic mass is 10.2. The number of halogens is 1. The smallest absolute Gasteiger partial charge is 0.234 e. The van der Waals surface area contributed by atoms with E-state index < -0.39 is 0 Å². The molecule has 0 aliphatic carbocycles. The first-order chi connectivity index (χ1) is 11.0. The lowest BCUT2D eigenvalue weighted by Gasteiger charge is -2.08. The summed E-state index contributed by atoms with van der Waals surface area (Å²) >= 11 is 7.31. The molecule has 0 atom stereocenters. The van der Waals surface area contributed by atoms with Crippen LogP contribution >= 0.6 is 23.4 Å². The average Bonchev–Trinajstić information content (AvgIpc) is 2.91. The Bertz CT molecular complexity index is 879. The Labute approximate surface area is 142 Å². The largest absolute Gasteiger partial charge is 0.325 e. The normalized spacial score (nSPS) is 10.9. The molecule has 2 heterocycles. The molecule has 1 aromatic carbocycles. The summed E-state index contributed by atoms with van der Waals surface area (Å²) in [5.41, 5.74) is 2.43. The molecular weight excluding hydrogens is 334 g/mol. The Hall–Kier alpha value is -2.12. The molecule has 8 heteroatoms. The lowest BCUT2D eigenvalue weighted by molar-refractivity contribution is -0.113. The number of fused-ring (bicyclic) bond motifs is 1. The van der Waals surface area contributed by atoms with Crippen molar-refractivity contribution in [3.63, 3.8) is 0 Å². The first-order valence-electron chi connectivity index (χ1n) is 6.86. The molecule has 0 radical (unpaired) electrons. The number of hydrogen-bond donors (Lipinski definition) is 1. The van der Waals surface area contributed by atoms with Crippen molar-refractivity contribution < 1.29 is 4.79 Å². The molecule has 3 rings (SSSR count). The second kappa shape index (κ2) is 6.55. The third-order valence-electron chi connectivity index (χ3n) is 3.31. The number of carbonyl (C=O) groups excluding carboxylic acids is 1. The topological polar surface area (TPSA) is 72.7 Å². The van der Waals surface area contributed by atoms with Crippen LogP contribution in [0.4, 0.5) is 5.69 Å². The Kier molecular flexibility index (Phi) is 4.49. The van der Waals surface area contributed by atoms with Crippen molar-refractivity contribution in [3.05, 3.63) is 41.3 Å². The molecule has 0 saturated heterocycles.